The van der Waals surface area contributed by atoms with Crippen molar-refractivity contribution in [2.75, 3.05) is 23.4 Å². The van der Waals surface area contributed by atoms with Crippen LogP contribution >= 0.6 is 0 Å². The van der Waals surface area contributed by atoms with Crippen LogP contribution < -0.4 is 10.2 Å². The van der Waals surface area contributed by atoms with Gasteiger partial charge < -0.3 is 10.1 Å². The third-order valence-corrected chi connectivity index (χ3v) is 5.91. The molecule has 0 fully saturated rings. The Morgan fingerprint density at radius 1 is 0.865 bits per heavy atom. The Balaban J connectivity index is 1.69. The molecule has 3 aromatic rings. The van der Waals surface area contributed by atoms with Gasteiger partial charge in [-0.3, -0.25) is 29.0 Å². The van der Waals surface area contributed by atoms with Gasteiger partial charge in [0.05, 0.1) is 29.0 Å². The van der Waals surface area contributed by atoms with E-state index in [1.54, 1.807) is 61.5 Å². The van der Waals surface area contributed by atoms with Crippen molar-refractivity contribution in [2.45, 2.75) is 19.9 Å². The van der Waals surface area contributed by atoms with E-state index in [4.69, 9.17) is 4.74 Å². The van der Waals surface area contributed by atoms with Gasteiger partial charge in [-0.1, -0.05) is 42.5 Å². The van der Waals surface area contributed by atoms with E-state index in [9.17, 15) is 24.0 Å². The molecule has 0 radical (unpaired) electrons. The zero-order valence-corrected chi connectivity index (χ0v) is 20.3. The normalized spacial score (nSPS) is 13.1. The van der Waals surface area contributed by atoms with Gasteiger partial charge in [0.1, 0.15) is 12.6 Å². The lowest BCUT2D eigenvalue weighted by atomic mass is 10.1. The van der Waals surface area contributed by atoms with Gasteiger partial charge >= 0.3 is 5.97 Å². The van der Waals surface area contributed by atoms with Crippen LogP contribution in [0.5, 0.6) is 0 Å². The molecule has 3 aromatic carbocycles. The Morgan fingerprint density at radius 3 is 2.05 bits per heavy atom. The number of imide groups is 1. The highest BCUT2D eigenvalue weighted by Gasteiger charge is 2.39. The lowest BCUT2D eigenvalue weighted by Gasteiger charge is -2.31. The summed E-state index contributed by atoms with van der Waals surface area (Å²) in [5, 5.41) is 2.75. The number of carbonyl (C=O) groups excluding carboxylic acids is 5. The van der Waals surface area contributed by atoms with Crippen molar-refractivity contribution >= 4 is 41.0 Å². The zero-order valence-electron chi connectivity index (χ0n) is 20.3. The number of carbonyl (C=O) groups is 5. The van der Waals surface area contributed by atoms with Crippen LogP contribution in [0.4, 0.5) is 11.4 Å². The predicted molar refractivity (Wildman–Crippen MR) is 136 cm³/mol. The Labute approximate surface area is 213 Å². The monoisotopic (exact) mass is 499 g/mol. The number of amides is 4. The average Bonchev–Trinajstić information content (AvgIpc) is 3.14. The molecule has 0 spiro atoms. The number of nitrogens with one attached hydrogen (secondary N) is 1. The molecule has 1 aliphatic rings. The maximum Gasteiger partial charge on any atom is 0.340 e. The second-order valence-corrected chi connectivity index (χ2v) is 8.27. The lowest BCUT2D eigenvalue weighted by Crippen LogP contribution is -2.51. The highest BCUT2D eigenvalue weighted by Crippen LogP contribution is 2.27. The fraction of sp³-hybridized carbons (Fsp3) is 0.179. The number of hydrogen-bond donors (Lipinski definition) is 1. The molecule has 1 N–H and O–H groups in total. The summed E-state index contributed by atoms with van der Waals surface area (Å²) in [4.78, 5) is 67.4. The van der Waals surface area contributed by atoms with Crippen molar-refractivity contribution in [3.63, 3.8) is 0 Å². The van der Waals surface area contributed by atoms with Crippen molar-refractivity contribution < 1.29 is 28.7 Å². The summed E-state index contributed by atoms with van der Waals surface area (Å²) >= 11 is 0. The fourth-order valence-corrected chi connectivity index (χ4v) is 4.10. The second-order valence-electron chi connectivity index (χ2n) is 8.27. The number of rotatable bonds is 8. The molecule has 1 heterocycles. The van der Waals surface area contributed by atoms with E-state index < -0.39 is 42.2 Å². The largest absolute Gasteiger partial charge is 0.462 e. The van der Waals surface area contributed by atoms with Crippen LogP contribution in [0.2, 0.25) is 0 Å². The van der Waals surface area contributed by atoms with E-state index >= 15 is 0 Å². The van der Waals surface area contributed by atoms with Gasteiger partial charge in [0.15, 0.2) is 0 Å². The van der Waals surface area contributed by atoms with Crippen molar-refractivity contribution in [2.24, 2.45) is 0 Å². The minimum absolute atomic E-state index is 0.0689. The molecule has 0 bridgehead atoms. The van der Waals surface area contributed by atoms with Crippen LogP contribution in [-0.4, -0.2) is 53.7 Å². The first kappa shape index (κ1) is 25.3. The summed E-state index contributed by atoms with van der Waals surface area (Å²) in [7, 11) is 0. The molecule has 9 nitrogen and oxygen atoms in total. The van der Waals surface area contributed by atoms with Crippen LogP contribution in [0.25, 0.3) is 0 Å². The first-order valence-electron chi connectivity index (χ1n) is 11.7. The van der Waals surface area contributed by atoms with E-state index in [1.807, 2.05) is 0 Å². The molecule has 1 unspecified atom stereocenters. The predicted octanol–water partition coefficient (Wildman–Crippen LogP) is 3.52. The molecule has 4 amide bonds. The number of ether oxygens (including phenoxy) is 1. The van der Waals surface area contributed by atoms with Gasteiger partial charge in [-0.15, -0.1) is 0 Å². The summed E-state index contributed by atoms with van der Waals surface area (Å²) in [6.07, 6.45) is 0. The summed E-state index contributed by atoms with van der Waals surface area (Å²) in [5.41, 5.74) is 1.12. The molecule has 1 atom stereocenters. The second kappa shape index (κ2) is 10.9. The van der Waals surface area contributed by atoms with E-state index in [1.165, 1.54) is 31.2 Å². The van der Waals surface area contributed by atoms with Crippen molar-refractivity contribution in [3.05, 3.63) is 95.6 Å². The number of nitrogens with zero attached hydrogens (tertiary/aromatic N) is 2. The first-order chi connectivity index (χ1) is 17.8. The number of hydrogen-bond acceptors (Lipinski definition) is 6. The van der Waals surface area contributed by atoms with Gasteiger partial charge in [-0.2, -0.15) is 0 Å². The summed E-state index contributed by atoms with van der Waals surface area (Å²) in [6, 6.07) is 20.1. The SMILES string of the molecule is CCOC(=O)c1ccccc1N(C(=O)CN1C(=O)c2ccccc2C1=O)C(C)C(=O)Nc1ccccc1. The maximum absolute atomic E-state index is 13.7. The van der Waals surface area contributed by atoms with Gasteiger partial charge in [0.25, 0.3) is 11.8 Å². The summed E-state index contributed by atoms with van der Waals surface area (Å²) < 4.78 is 5.15. The number of para-hydroxylation sites is 2. The Kier molecular flexibility index (Phi) is 7.43. The third kappa shape index (κ3) is 5.11. The van der Waals surface area contributed by atoms with Crippen molar-refractivity contribution in [1.82, 2.24) is 4.90 Å². The van der Waals surface area contributed by atoms with Gasteiger partial charge in [-0.05, 0) is 50.2 Å². The highest BCUT2D eigenvalue weighted by molar-refractivity contribution is 6.23. The number of benzene rings is 3. The summed E-state index contributed by atoms with van der Waals surface area (Å²) in [6.45, 7) is 2.65. The van der Waals surface area contributed by atoms with Crippen LogP contribution in [0.3, 0.4) is 0 Å². The molecule has 188 valence electrons. The molecule has 0 aromatic heterocycles. The minimum Gasteiger partial charge on any atom is -0.462 e. The Bertz CT molecular complexity index is 1340. The minimum atomic E-state index is -1.11. The van der Waals surface area contributed by atoms with E-state index in [-0.39, 0.29) is 29.0 Å². The molecule has 0 saturated heterocycles. The average molecular weight is 500 g/mol. The van der Waals surface area contributed by atoms with Crippen LogP contribution in [0.1, 0.15) is 44.9 Å². The van der Waals surface area contributed by atoms with E-state index in [0.29, 0.717) is 5.69 Å². The standard InChI is InChI=1S/C28H25N3O6/c1-3-37-28(36)22-15-9-10-16-23(22)31(18(2)25(33)29-19-11-5-4-6-12-19)24(32)17-30-26(34)20-13-7-8-14-21(20)27(30)35/h4-16,18H,3,17H2,1-2H3,(H,29,33). The molecule has 9 heteroatoms. The van der Waals surface area contributed by atoms with Crippen LogP contribution in [0.15, 0.2) is 78.9 Å². The Hall–Kier alpha value is -4.79. The van der Waals surface area contributed by atoms with Gasteiger partial charge in [0.2, 0.25) is 11.8 Å². The van der Waals surface area contributed by atoms with Crippen LogP contribution in [0, 0.1) is 0 Å². The number of anilines is 2. The Morgan fingerprint density at radius 2 is 1.43 bits per heavy atom. The van der Waals surface area contributed by atoms with Crippen molar-refractivity contribution in [3.8, 4) is 0 Å². The van der Waals surface area contributed by atoms with Crippen LogP contribution in [-0.2, 0) is 14.3 Å². The lowest BCUT2D eigenvalue weighted by molar-refractivity contribution is -0.123. The topological polar surface area (TPSA) is 113 Å². The molecule has 37 heavy (non-hydrogen) atoms. The van der Waals surface area contributed by atoms with Gasteiger partial charge in [-0.25, -0.2) is 4.79 Å². The maximum atomic E-state index is 13.7. The molecule has 1 aliphatic heterocycles. The van der Waals surface area contributed by atoms with E-state index in [0.717, 1.165) is 9.80 Å². The molecule has 0 saturated carbocycles. The molecular formula is C28H25N3O6. The smallest absolute Gasteiger partial charge is 0.340 e. The zero-order chi connectivity index (χ0) is 26.5. The number of esters is 1. The first-order valence-corrected chi connectivity index (χ1v) is 11.7. The molecule has 4 rings (SSSR count). The third-order valence-electron chi connectivity index (χ3n) is 5.91. The summed E-state index contributed by atoms with van der Waals surface area (Å²) in [5.74, 6) is -3.13. The molecule has 0 aliphatic carbocycles. The number of fused-ring (bicyclic) bond motifs is 1. The quantitative estimate of drug-likeness (QED) is 0.375. The van der Waals surface area contributed by atoms with E-state index in [2.05, 4.69) is 5.32 Å². The molecular weight excluding hydrogens is 474 g/mol. The fourth-order valence-electron chi connectivity index (χ4n) is 4.10. The van der Waals surface area contributed by atoms with Crippen molar-refractivity contribution in [1.29, 1.82) is 0 Å². The highest BCUT2D eigenvalue weighted by atomic mass is 16.5. The van der Waals surface area contributed by atoms with Gasteiger partial charge in [0, 0.05) is 5.69 Å².